The molecule has 1 aliphatic heterocycles. The number of nitrogens with one attached hydrogen (secondary N) is 1. The number of hydrogen-bond donors (Lipinski definition) is 1. The van der Waals surface area contributed by atoms with Crippen molar-refractivity contribution in [3.63, 3.8) is 0 Å². The zero-order valence-electron chi connectivity index (χ0n) is 17.7. The van der Waals surface area contributed by atoms with Crippen LogP contribution in [0.4, 0.5) is 5.69 Å². The predicted molar refractivity (Wildman–Crippen MR) is 119 cm³/mol. The Kier molecular flexibility index (Phi) is 6.38. The Morgan fingerprint density at radius 1 is 1.03 bits per heavy atom. The van der Waals surface area contributed by atoms with Crippen LogP contribution >= 0.6 is 0 Å². The van der Waals surface area contributed by atoms with Crippen molar-refractivity contribution in [2.24, 2.45) is 0 Å². The highest BCUT2D eigenvalue weighted by molar-refractivity contribution is 5.96. The molecule has 1 heterocycles. The monoisotopic (exact) mass is 418 g/mol. The zero-order chi connectivity index (χ0) is 21.6. The maximum atomic E-state index is 13.4. The summed E-state index contributed by atoms with van der Waals surface area (Å²) in [7, 11) is 1.94. The van der Waals surface area contributed by atoms with Gasteiger partial charge in [0.2, 0.25) is 12.7 Å². The maximum Gasteiger partial charge on any atom is 0.246 e. The molecule has 1 aliphatic rings. The van der Waals surface area contributed by atoms with E-state index in [0.29, 0.717) is 24.6 Å². The van der Waals surface area contributed by atoms with Crippen LogP contribution in [-0.2, 0) is 11.3 Å². The van der Waals surface area contributed by atoms with Gasteiger partial charge in [0.25, 0.3) is 0 Å². The van der Waals surface area contributed by atoms with E-state index in [1.807, 2.05) is 91.7 Å². The number of carbonyl (C=O) groups is 1. The summed E-state index contributed by atoms with van der Waals surface area (Å²) in [6, 6.07) is 22.6. The second kappa shape index (κ2) is 9.53. The zero-order valence-corrected chi connectivity index (χ0v) is 17.7. The fourth-order valence-corrected chi connectivity index (χ4v) is 3.71. The number of para-hydroxylation sites is 2. The minimum atomic E-state index is -0.485. The molecule has 0 fully saturated rings. The summed E-state index contributed by atoms with van der Waals surface area (Å²) in [5, 5.41) is 3.05. The molecular weight excluding hydrogens is 392 g/mol. The van der Waals surface area contributed by atoms with Crippen molar-refractivity contribution in [3.8, 4) is 17.2 Å². The molecule has 6 nitrogen and oxygen atoms in total. The van der Waals surface area contributed by atoms with E-state index in [2.05, 4.69) is 5.32 Å². The molecule has 0 bridgehead atoms. The summed E-state index contributed by atoms with van der Waals surface area (Å²) in [5.41, 5.74) is 2.61. The van der Waals surface area contributed by atoms with Crippen molar-refractivity contribution >= 4 is 11.6 Å². The van der Waals surface area contributed by atoms with Gasteiger partial charge in [0.05, 0.1) is 12.3 Å². The van der Waals surface area contributed by atoms with Gasteiger partial charge in [0.1, 0.15) is 11.8 Å². The van der Waals surface area contributed by atoms with Gasteiger partial charge in [-0.25, -0.2) is 0 Å². The third-order valence-electron chi connectivity index (χ3n) is 5.12. The summed E-state index contributed by atoms with van der Waals surface area (Å²) in [6.07, 6.45) is 0. The fraction of sp³-hybridized carbons (Fsp3) is 0.240. The lowest BCUT2D eigenvalue weighted by Crippen LogP contribution is -2.34. The minimum Gasteiger partial charge on any atom is -0.492 e. The highest BCUT2D eigenvalue weighted by Crippen LogP contribution is 2.34. The van der Waals surface area contributed by atoms with Crippen LogP contribution in [0.15, 0.2) is 72.8 Å². The van der Waals surface area contributed by atoms with Gasteiger partial charge < -0.3 is 19.5 Å². The van der Waals surface area contributed by atoms with Crippen LogP contribution in [0.3, 0.4) is 0 Å². The molecule has 1 amide bonds. The van der Waals surface area contributed by atoms with Crippen LogP contribution in [0.1, 0.15) is 24.1 Å². The third-order valence-corrected chi connectivity index (χ3v) is 5.12. The molecule has 4 rings (SSSR count). The highest BCUT2D eigenvalue weighted by atomic mass is 16.7. The Hall–Kier alpha value is -3.51. The van der Waals surface area contributed by atoms with Crippen LogP contribution in [0, 0.1) is 0 Å². The van der Waals surface area contributed by atoms with Gasteiger partial charge in [-0.3, -0.25) is 9.69 Å². The van der Waals surface area contributed by atoms with Gasteiger partial charge >= 0.3 is 0 Å². The molecule has 160 valence electrons. The van der Waals surface area contributed by atoms with Crippen molar-refractivity contribution in [3.05, 3.63) is 83.9 Å². The number of nitrogens with zero attached hydrogens (tertiary/aromatic N) is 1. The largest absolute Gasteiger partial charge is 0.492 e. The van der Waals surface area contributed by atoms with E-state index in [9.17, 15) is 4.79 Å². The SMILES string of the molecule is CCOc1ccccc1NC(=O)[C@H](c1ccccc1)N(C)Cc1ccc2c(c1)OCO2. The summed E-state index contributed by atoms with van der Waals surface area (Å²) in [4.78, 5) is 15.5. The van der Waals surface area contributed by atoms with Gasteiger partial charge in [0, 0.05) is 6.54 Å². The van der Waals surface area contributed by atoms with Crippen molar-refractivity contribution in [2.75, 3.05) is 25.8 Å². The van der Waals surface area contributed by atoms with E-state index in [-0.39, 0.29) is 12.7 Å². The molecule has 3 aromatic carbocycles. The number of rotatable bonds is 8. The first-order valence-corrected chi connectivity index (χ1v) is 10.3. The van der Waals surface area contributed by atoms with Crippen molar-refractivity contribution < 1.29 is 19.0 Å². The van der Waals surface area contributed by atoms with Crippen LogP contribution in [0.25, 0.3) is 0 Å². The second-order valence-electron chi connectivity index (χ2n) is 7.33. The topological polar surface area (TPSA) is 60.0 Å². The molecule has 31 heavy (non-hydrogen) atoms. The normalized spacial score (nSPS) is 13.1. The standard InChI is InChI=1S/C25H26N2O4/c1-3-29-21-12-8-7-11-20(21)26-25(28)24(19-9-5-4-6-10-19)27(2)16-18-13-14-22-23(15-18)31-17-30-22/h4-15,24H,3,16-17H2,1-2H3,(H,26,28)/t24-/m0/s1. The van der Waals surface area contributed by atoms with Gasteiger partial charge in [-0.15, -0.1) is 0 Å². The molecule has 0 saturated heterocycles. The average molecular weight is 418 g/mol. The van der Waals surface area contributed by atoms with Crippen molar-refractivity contribution in [1.29, 1.82) is 0 Å². The molecular formula is C25H26N2O4. The Morgan fingerprint density at radius 3 is 2.58 bits per heavy atom. The van der Waals surface area contributed by atoms with E-state index < -0.39 is 6.04 Å². The molecule has 0 saturated carbocycles. The predicted octanol–water partition coefficient (Wildman–Crippen LogP) is 4.63. The number of amides is 1. The average Bonchev–Trinajstić information content (AvgIpc) is 3.24. The molecule has 0 spiro atoms. The molecule has 0 unspecified atom stereocenters. The summed E-state index contributed by atoms with van der Waals surface area (Å²) >= 11 is 0. The van der Waals surface area contributed by atoms with Crippen molar-refractivity contribution in [2.45, 2.75) is 19.5 Å². The van der Waals surface area contributed by atoms with E-state index in [1.165, 1.54) is 0 Å². The Bertz CT molecular complexity index is 1040. The molecule has 1 atom stereocenters. The number of hydrogen-bond acceptors (Lipinski definition) is 5. The number of ether oxygens (including phenoxy) is 3. The minimum absolute atomic E-state index is 0.124. The first kappa shape index (κ1) is 20.8. The first-order chi connectivity index (χ1) is 15.2. The Labute approximate surface area is 182 Å². The lowest BCUT2D eigenvalue weighted by Gasteiger charge is -2.28. The summed E-state index contributed by atoms with van der Waals surface area (Å²) in [6.45, 7) is 3.25. The lowest BCUT2D eigenvalue weighted by molar-refractivity contribution is -0.121. The van der Waals surface area contributed by atoms with Crippen LogP contribution < -0.4 is 19.5 Å². The van der Waals surface area contributed by atoms with Gasteiger partial charge in [-0.05, 0) is 49.4 Å². The fourth-order valence-electron chi connectivity index (χ4n) is 3.71. The molecule has 0 aliphatic carbocycles. The number of benzene rings is 3. The maximum absolute atomic E-state index is 13.4. The quantitative estimate of drug-likeness (QED) is 0.578. The smallest absolute Gasteiger partial charge is 0.246 e. The first-order valence-electron chi connectivity index (χ1n) is 10.3. The van der Waals surface area contributed by atoms with E-state index in [0.717, 1.165) is 22.6 Å². The number of likely N-dealkylation sites (N-methyl/N-ethyl adjacent to an activating group) is 1. The number of carbonyl (C=O) groups excluding carboxylic acids is 1. The molecule has 3 aromatic rings. The Morgan fingerprint density at radius 2 is 1.77 bits per heavy atom. The lowest BCUT2D eigenvalue weighted by atomic mass is 10.0. The van der Waals surface area contributed by atoms with Crippen LogP contribution in [-0.4, -0.2) is 31.3 Å². The van der Waals surface area contributed by atoms with E-state index >= 15 is 0 Å². The van der Waals surface area contributed by atoms with Crippen LogP contribution in [0.5, 0.6) is 17.2 Å². The number of anilines is 1. The highest BCUT2D eigenvalue weighted by Gasteiger charge is 2.26. The molecule has 0 aromatic heterocycles. The second-order valence-corrected chi connectivity index (χ2v) is 7.33. The summed E-state index contributed by atoms with van der Waals surface area (Å²) in [5.74, 6) is 2.01. The summed E-state index contributed by atoms with van der Waals surface area (Å²) < 4.78 is 16.6. The van der Waals surface area contributed by atoms with Crippen LogP contribution in [0.2, 0.25) is 0 Å². The third kappa shape index (κ3) is 4.81. The van der Waals surface area contributed by atoms with Gasteiger partial charge in [0.15, 0.2) is 11.5 Å². The molecule has 0 radical (unpaired) electrons. The van der Waals surface area contributed by atoms with Gasteiger partial charge in [-0.1, -0.05) is 48.5 Å². The molecule has 1 N–H and O–H groups in total. The van der Waals surface area contributed by atoms with Gasteiger partial charge in [-0.2, -0.15) is 0 Å². The van der Waals surface area contributed by atoms with Crippen molar-refractivity contribution in [1.82, 2.24) is 4.90 Å². The Balaban J connectivity index is 1.58. The van der Waals surface area contributed by atoms with E-state index in [4.69, 9.17) is 14.2 Å². The van der Waals surface area contributed by atoms with E-state index in [1.54, 1.807) is 0 Å². The molecule has 6 heteroatoms. The number of fused-ring (bicyclic) bond motifs is 1.